The summed E-state index contributed by atoms with van der Waals surface area (Å²) in [5.41, 5.74) is 10.5. The Morgan fingerprint density at radius 3 is 2.61 bits per heavy atom. The molecule has 1 heterocycles. The maximum Gasteiger partial charge on any atom is 0.311 e. The zero-order valence-electron chi connectivity index (χ0n) is 19.1. The zero-order chi connectivity index (χ0) is 23.4. The van der Waals surface area contributed by atoms with Crippen molar-refractivity contribution in [1.82, 2.24) is 15.1 Å². The fraction of sp³-hybridized carbons (Fsp3) is 0.346. The van der Waals surface area contributed by atoms with Gasteiger partial charge in [-0.15, -0.1) is 0 Å². The fourth-order valence-corrected chi connectivity index (χ4v) is 4.39. The molecule has 3 aromatic rings. The Balaban J connectivity index is 1.48. The van der Waals surface area contributed by atoms with E-state index in [1.807, 2.05) is 43.3 Å². The van der Waals surface area contributed by atoms with E-state index in [-0.39, 0.29) is 23.8 Å². The molecule has 0 bridgehead atoms. The molecule has 0 saturated heterocycles. The summed E-state index contributed by atoms with van der Waals surface area (Å²) in [6, 6.07) is 16.9. The highest BCUT2D eigenvalue weighted by Crippen LogP contribution is 2.27. The topological polar surface area (TPSA) is 99.2 Å². The normalized spacial score (nSPS) is 18.0. The third kappa shape index (κ3) is 5.08. The summed E-state index contributed by atoms with van der Waals surface area (Å²) in [6.45, 7) is 4.18. The maximum absolute atomic E-state index is 12.9. The van der Waals surface area contributed by atoms with E-state index in [1.54, 1.807) is 23.7 Å². The molecule has 33 heavy (non-hydrogen) atoms. The van der Waals surface area contributed by atoms with E-state index in [2.05, 4.69) is 16.5 Å². The van der Waals surface area contributed by atoms with Crippen LogP contribution in [0.15, 0.2) is 54.6 Å². The van der Waals surface area contributed by atoms with Crippen molar-refractivity contribution in [3.63, 3.8) is 0 Å². The highest BCUT2D eigenvalue weighted by molar-refractivity contribution is 5.95. The van der Waals surface area contributed by atoms with Crippen LogP contribution in [0.25, 0.3) is 16.9 Å². The van der Waals surface area contributed by atoms with Gasteiger partial charge in [-0.3, -0.25) is 9.59 Å². The van der Waals surface area contributed by atoms with E-state index in [0.717, 1.165) is 48.2 Å². The largest absolute Gasteiger partial charge is 0.466 e. The number of aryl methyl sites for hydroxylation is 1. The van der Waals surface area contributed by atoms with Gasteiger partial charge in [0.15, 0.2) is 0 Å². The number of nitrogens with two attached hydrogens (primary N) is 1. The summed E-state index contributed by atoms with van der Waals surface area (Å²) >= 11 is 0. The van der Waals surface area contributed by atoms with Crippen LogP contribution in [0.2, 0.25) is 0 Å². The first-order valence-electron chi connectivity index (χ1n) is 11.5. The molecule has 1 aromatic heterocycles. The van der Waals surface area contributed by atoms with Crippen LogP contribution in [-0.4, -0.2) is 34.3 Å². The summed E-state index contributed by atoms with van der Waals surface area (Å²) in [5.74, 6) is -0.193. The Hall–Kier alpha value is -3.61. The average molecular weight is 447 g/mol. The number of nitrogens with one attached hydrogen (secondary N) is 1. The van der Waals surface area contributed by atoms with Crippen molar-refractivity contribution in [2.24, 2.45) is 5.92 Å². The SMILES string of the molecule is CCOC(=O)[C@@H]1CCCC[C@@H]1NC(=O)c1ccc(-n2nc(-c3cccc(C)c3)cc2N)cc1. The summed E-state index contributed by atoms with van der Waals surface area (Å²) in [7, 11) is 0. The van der Waals surface area contributed by atoms with Crippen LogP contribution < -0.4 is 11.1 Å². The van der Waals surface area contributed by atoms with E-state index in [1.165, 1.54) is 0 Å². The number of aromatic nitrogens is 2. The van der Waals surface area contributed by atoms with Crippen molar-refractivity contribution in [1.29, 1.82) is 0 Å². The van der Waals surface area contributed by atoms with Gasteiger partial charge in [-0.2, -0.15) is 5.10 Å². The molecule has 1 fully saturated rings. The Morgan fingerprint density at radius 2 is 1.88 bits per heavy atom. The van der Waals surface area contributed by atoms with Crippen LogP contribution in [0.5, 0.6) is 0 Å². The highest BCUT2D eigenvalue weighted by Gasteiger charge is 2.33. The molecule has 1 amide bonds. The zero-order valence-corrected chi connectivity index (χ0v) is 19.1. The number of amides is 1. The van der Waals surface area contributed by atoms with Gasteiger partial charge in [0.05, 0.1) is 23.9 Å². The molecule has 1 aliphatic rings. The molecule has 172 valence electrons. The molecule has 0 radical (unpaired) electrons. The monoisotopic (exact) mass is 446 g/mol. The number of nitrogens with zero attached hydrogens (tertiary/aromatic N) is 2. The van der Waals surface area contributed by atoms with E-state index < -0.39 is 0 Å². The van der Waals surface area contributed by atoms with Crippen LogP contribution in [0.1, 0.15) is 48.5 Å². The van der Waals surface area contributed by atoms with Gasteiger partial charge in [0.25, 0.3) is 5.91 Å². The minimum Gasteiger partial charge on any atom is -0.466 e. The summed E-state index contributed by atoms with van der Waals surface area (Å²) in [5, 5.41) is 7.69. The molecule has 4 rings (SSSR count). The van der Waals surface area contributed by atoms with Crippen LogP contribution >= 0.6 is 0 Å². The van der Waals surface area contributed by atoms with Gasteiger partial charge < -0.3 is 15.8 Å². The van der Waals surface area contributed by atoms with Gasteiger partial charge in [0.2, 0.25) is 0 Å². The first kappa shape index (κ1) is 22.6. The summed E-state index contributed by atoms with van der Waals surface area (Å²) in [4.78, 5) is 25.2. The Labute approximate surface area is 193 Å². The highest BCUT2D eigenvalue weighted by atomic mass is 16.5. The van der Waals surface area contributed by atoms with Gasteiger partial charge in [-0.25, -0.2) is 4.68 Å². The number of rotatable bonds is 6. The van der Waals surface area contributed by atoms with Crippen molar-refractivity contribution >= 4 is 17.7 Å². The number of benzene rings is 2. The molecular formula is C26H30N4O3. The minimum absolute atomic E-state index is 0.198. The molecule has 2 atom stereocenters. The van der Waals surface area contributed by atoms with Gasteiger partial charge in [0.1, 0.15) is 5.82 Å². The third-order valence-electron chi connectivity index (χ3n) is 6.10. The van der Waals surface area contributed by atoms with E-state index in [9.17, 15) is 9.59 Å². The van der Waals surface area contributed by atoms with E-state index in [4.69, 9.17) is 10.5 Å². The second-order valence-electron chi connectivity index (χ2n) is 8.51. The van der Waals surface area contributed by atoms with Crippen molar-refractivity contribution in [3.05, 3.63) is 65.7 Å². The molecular weight excluding hydrogens is 416 g/mol. The fourth-order valence-electron chi connectivity index (χ4n) is 4.39. The second kappa shape index (κ2) is 9.90. The molecule has 3 N–H and O–H groups in total. The summed E-state index contributed by atoms with van der Waals surface area (Å²) in [6.07, 6.45) is 3.48. The van der Waals surface area contributed by atoms with Gasteiger partial charge in [-0.1, -0.05) is 36.6 Å². The molecule has 0 spiro atoms. The number of ether oxygens (including phenoxy) is 1. The van der Waals surface area contributed by atoms with Gasteiger partial charge >= 0.3 is 5.97 Å². The molecule has 0 aliphatic heterocycles. The predicted molar refractivity (Wildman–Crippen MR) is 128 cm³/mol. The van der Waals surface area contributed by atoms with Crippen molar-refractivity contribution < 1.29 is 14.3 Å². The number of hydrogen-bond donors (Lipinski definition) is 2. The Morgan fingerprint density at radius 1 is 1.12 bits per heavy atom. The Kier molecular flexibility index (Phi) is 6.77. The maximum atomic E-state index is 12.9. The molecule has 1 saturated carbocycles. The van der Waals surface area contributed by atoms with Gasteiger partial charge in [-0.05, 0) is 57.0 Å². The quantitative estimate of drug-likeness (QED) is 0.551. The van der Waals surface area contributed by atoms with Gasteiger partial charge in [0, 0.05) is 23.2 Å². The second-order valence-corrected chi connectivity index (χ2v) is 8.51. The third-order valence-corrected chi connectivity index (χ3v) is 6.10. The first-order valence-corrected chi connectivity index (χ1v) is 11.5. The molecule has 7 heteroatoms. The number of hydrogen-bond acceptors (Lipinski definition) is 5. The number of esters is 1. The van der Waals surface area contributed by atoms with Crippen molar-refractivity contribution in [2.75, 3.05) is 12.3 Å². The summed E-state index contributed by atoms with van der Waals surface area (Å²) < 4.78 is 6.87. The molecule has 7 nitrogen and oxygen atoms in total. The molecule has 0 unspecified atom stereocenters. The molecule has 2 aromatic carbocycles. The smallest absolute Gasteiger partial charge is 0.311 e. The standard InChI is InChI=1S/C26H30N4O3/c1-3-33-26(32)21-9-4-5-10-22(21)28-25(31)18-11-13-20(14-12-18)30-24(27)16-23(29-30)19-8-6-7-17(2)15-19/h6-8,11-16,21-22H,3-5,9-10,27H2,1-2H3,(H,28,31)/t21-,22+/m1/s1. The number of carbonyl (C=O) groups is 2. The molecule has 1 aliphatic carbocycles. The average Bonchev–Trinajstić information content (AvgIpc) is 3.21. The van der Waals surface area contributed by atoms with Crippen LogP contribution in [-0.2, 0) is 9.53 Å². The number of nitrogen functional groups attached to an aromatic ring is 1. The number of anilines is 1. The van der Waals surface area contributed by atoms with Crippen LogP contribution in [0, 0.1) is 12.8 Å². The van der Waals surface area contributed by atoms with Crippen LogP contribution in [0.4, 0.5) is 5.82 Å². The van der Waals surface area contributed by atoms with Crippen LogP contribution in [0.3, 0.4) is 0 Å². The predicted octanol–water partition coefficient (Wildman–Crippen LogP) is 4.28. The Bertz CT molecular complexity index is 1140. The number of carbonyl (C=O) groups excluding carboxylic acids is 2. The van der Waals surface area contributed by atoms with Crippen molar-refractivity contribution in [3.8, 4) is 16.9 Å². The lowest BCUT2D eigenvalue weighted by Crippen LogP contribution is -2.45. The van der Waals surface area contributed by atoms with E-state index in [0.29, 0.717) is 18.0 Å². The lowest BCUT2D eigenvalue weighted by Gasteiger charge is -2.30. The van der Waals surface area contributed by atoms with E-state index >= 15 is 0 Å². The van der Waals surface area contributed by atoms with Crippen molar-refractivity contribution in [2.45, 2.75) is 45.6 Å². The lowest BCUT2D eigenvalue weighted by atomic mass is 9.84. The first-order chi connectivity index (χ1) is 16.0. The minimum atomic E-state index is -0.286. The lowest BCUT2D eigenvalue weighted by molar-refractivity contribution is -0.150.